The molecule has 0 aromatic heterocycles. The Hall–Kier alpha value is -2.93. The minimum absolute atomic E-state index is 0.0189. The van der Waals surface area contributed by atoms with Crippen LogP contribution in [-0.4, -0.2) is 50.6 Å². The summed E-state index contributed by atoms with van der Waals surface area (Å²) >= 11 is 0. The van der Waals surface area contributed by atoms with E-state index in [2.05, 4.69) is 16.0 Å². The van der Waals surface area contributed by atoms with Gasteiger partial charge >= 0.3 is 6.03 Å². The molecule has 6 nitrogen and oxygen atoms in total. The second-order valence-electron chi connectivity index (χ2n) is 8.30. The van der Waals surface area contributed by atoms with Gasteiger partial charge in [0, 0.05) is 19.6 Å². The Kier molecular flexibility index (Phi) is 7.63. The molecule has 0 radical (unpaired) electrons. The summed E-state index contributed by atoms with van der Waals surface area (Å²) in [5.41, 5.74) is 1.92. The molecule has 0 spiro atoms. The summed E-state index contributed by atoms with van der Waals surface area (Å²) in [5, 5.41) is 8.52. The Morgan fingerprint density at radius 3 is 2.42 bits per heavy atom. The Morgan fingerprint density at radius 2 is 1.84 bits per heavy atom. The van der Waals surface area contributed by atoms with Gasteiger partial charge in [0.1, 0.15) is 5.82 Å². The lowest BCUT2D eigenvalue weighted by molar-refractivity contribution is 0.0959. The lowest BCUT2D eigenvalue weighted by Crippen LogP contribution is -2.46. The zero-order chi connectivity index (χ0) is 22.4. The van der Waals surface area contributed by atoms with Crippen LogP contribution in [0.2, 0.25) is 0 Å². The van der Waals surface area contributed by atoms with Gasteiger partial charge in [-0.1, -0.05) is 36.4 Å². The van der Waals surface area contributed by atoms with Crippen LogP contribution >= 0.6 is 0 Å². The third kappa shape index (κ3) is 6.28. The van der Waals surface area contributed by atoms with Crippen molar-refractivity contribution in [1.82, 2.24) is 20.9 Å². The number of urea groups is 1. The summed E-state index contributed by atoms with van der Waals surface area (Å²) < 4.78 is 14.3. The molecule has 2 atom stereocenters. The zero-order valence-corrected chi connectivity index (χ0v) is 18.3. The van der Waals surface area contributed by atoms with E-state index in [4.69, 9.17) is 0 Å². The van der Waals surface area contributed by atoms with E-state index in [1.165, 1.54) is 19.2 Å². The highest BCUT2D eigenvalue weighted by atomic mass is 19.1. The first kappa shape index (κ1) is 22.7. The lowest BCUT2D eigenvalue weighted by Gasteiger charge is -2.26. The molecule has 31 heavy (non-hydrogen) atoms. The van der Waals surface area contributed by atoms with Gasteiger partial charge in [-0.2, -0.15) is 0 Å². The summed E-state index contributed by atoms with van der Waals surface area (Å²) in [6.07, 6.45) is 2.79. The molecule has 3 amide bonds. The van der Waals surface area contributed by atoms with Gasteiger partial charge in [-0.15, -0.1) is 0 Å². The van der Waals surface area contributed by atoms with E-state index in [0.29, 0.717) is 18.9 Å². The Balaban J connectivity index is 1.58. The number of nitrogens with one attached hydrogen (secondary N) is 3. The smallest absolute Gasteiger partial charge is 0.315 e. The monoisotopic (exact) mass is 426 g/mol. The van der Waals surface area contributed by atoms with Crippen LogP contribution in [0.15, 0.2) is 48.5 Å². The fourth-order valence-corrected chi connectivity index (χ4v) is 3.68. The maximum atomic E-state index is 14.3. The predicted octanol–water partition coefficient (Wildman–Crippen LogP) is 3.11. The van der Waals surface area contributed by atoms with Gasteiger partial charge in [0.2, 0.25) is 0 Å². The van der Waals surface area contributed by atoms with Crippen molar-refractivity contribution in [2.45, 2.75) is 31.3 Å². The van der Waals surface area contributed by atoms with Gasteiger partial charge < -0.3 is 20.9 Å². The van der Waals surface area contributed by atoms with Gasteiger partial charge in [0.15, 0.2) is 0 Å². The average molecular weight is 427 g/mol. The Bertz CT molecular complexity index is 900. The minimum atomic E-state index is -0.546. The zero-order valence-electron chi connectivity index (χ0n) is 18.3. The van der Waals surface area contributed by atoms with Crippen molar-refractivity contribution >= 4 is 11.9 Å². The number of hydrogen-bond acceptors (Lipinski definition) is 3. The van der Waals surface area contributed by atoms with Gasteiger partial charge in [-0.05, 0) is 62.5 Å². The van der Waals surface area contributed by atoms with Crippen molar-refractivity contribution in [3.05, 3.63) is 71.0 Å². The molecule has 1 aliphatic carbocycles. The largest absolute Gasteiger partial charge is 0.355 e. The van der Waals surface area contributed by atoms with E-state index in [-0.39, 0.29) is 23.7 Å². The standard InChI is InChI=1S/C24H31FN4O2/c1-26-23(30)20-12-9-16(14-21(20)25)13-19(29(2)3)15-27-24(31)28-22(18-10-11-18)17-7-5-4-6-8-17/h4-9,12,14,18-19,22H,10-11,13,15H2,1-3H3,(H,26,30)(H2,27,28,31)/t19-,22+/m0/s1. The number of nitrogens with zero attached hydrogens (tertiary/aromatic N) is 1. The van der Waals surface area contributed by atoms with Crippen LogP contribution in [-0.2, 0) is 6.42 Å². The van der Waals surface area contributed by atoms with E-state index in [1.807, 2.05) is 49.3 Å². The van der Waals surface area contributed by atoms with Crippen LogP contribution in [0.4, 0.5) is 9.18 Å². The molecular formula is C24H31FN4O2. The van der Waals surface area contributed by atoms with Gasteiger partial charge in [0.25, 0.3) is 5.91 Å². The quantitative estimate of drug-likeness (QED) is 0.577. The molecule has 0 bridgehead atoms. The summed E-state index contributed by atoms with van der Waals surface area (Å²) in [5.74, 6) is -0.509. The SMILES string of the molecule is CNC(=O)c1ccc(C[C@@H](CNC(=O)N[C@H](c2ccccc2)C2CC2)N(C)C)cc1F. The topological polar surface area (TPSA) is 73.5 Å². The lowest BCUT2D eigenvalue weighted by atomic mass is 10.0. The Labute approximate surface area is 183 Å². The molecule has 2 aromatic rings. The van der Waals surface area contributed by atoms with E-state index >= 15 is 0 Å². The van der Waals surface area contributed by atoms with Crippen molar-refractivity contribution < 1.29 is 14.0 Å². The number of amides is 3. The highest BCUT2D eigenvalue weighted by Crippen LogP contribution is 2.40. The number of rotatable bonds is 9. The third-order valence-electron chi connectivity index (χ3n) is 5.74. The summed E-state index contributed by atoms with van der Waals surface area (Å²) in [7, 11) is 5.33. The maximum absolute atomic E-state index is 14.3. The first-order valence-corrected chi connectivity index (χ1v) is 10.6. The average Bonchev–Trinajstić information content (AvgIpc) is 3.60. The van der Waals surface area contributed by atoms with Crippen molar-refractivity contribution in [2.75, 3.05) is 27.7 Å². The van der Waals surface area contributed by atoms with Crippen molar-refractivity contribution in [1.29, 1.82) is 0 Å². The second kappa shape index (κ2) is 10.4. The first-order valence-electron chi connectivity index (χ1n) is 10.6. The summed E-state index contributed by atoms with van der Waals surface area (Å²) in [6, 6.07) is 14.5. The van der Waals surface area contributed by atoms with E-state index in [9.17, 15) is 14.0 Å². The van der Waals surface area contributed by atoms with Gasteiger partial charge in [-0.25, -0.2) is 9.18 Å². The molecule has 7 heteroatoms. The Morgan fingerprint density at radius 1 is 1.13 bits per heavy atom. The fourth-order valence-electron chi connectivity index (χ4n) is 3.68. The molecule has 1 aliphatic rings. The molecule has 166 valence electrons. The molecular weight excluding hydrogens is 395 g/mol. The summed E-state index contributed by atoms with van der Waals surface area (Å²) in [6.45, 7) is 0.420. The molecule has 0 saturated heterocycles. The third-order valence-corrected chi connectivity index (χ3v) is 5.74. The van der Waals surface area contributed by atoms with E-state index in [1.54, 1.807) is 6.07 Å². The molecule has 1 saturated carbocycles. The second-order valence-corrected chi connectivity index (χ2v) is 8.30. The fraction of sp³-hybridized carbons (Fsp3) is 0.417. The number of halogens is 1. The number of benzene rings is 2. The molecule has 0 heterocycles. The molecule has 0 unspecified atom stereocenters. The molecule has 0 aliphatic heterocycles. The van der Waals surface area contributed by atoms with Crippen LogP contribution in [0, 0.1) is 11.7 Å². The number of likely N-dealkylation sites (N-methyl/N-ethyl adjacent to an activating group) is 1. The van der Waals surface area contributed by atoms with Crippen LogP contribution in [0.1, 0.15) is 40.4 Å². The highest BCUT2D eigenvalue weighted by molar-refractivity contribution is 5.94. The highest BCUT2D eigenvalue weighted by Gasteiger charge is 2.33. The van der Waals surface area contributed by atoms with Crippen molar-refractivity contribution in [3.8, 4) is 0 Å². The number of hydrogen-bond donors (Lipinski definition) is 3. The number of carbonyl (C=O) groups is 2. The van der Waals surface area contributed by atoms with Crippen LogP contribution < -0.4 is 16.0 Å². The molecule has 1 fully saturated rings. The normalized spacial score (nSPS) is 15.3. The van der Waals surface area contributed by atoms with Gasteiger partial charge in [0.05, 0.1) is 11.6 Å². The molecule has 2 aromatic carbocycles. The number of carbonyl (C=O) groups excluding carboxylic acids is 2. The van der Waals surface area contributed by atoms with Crippen LogP contribution in [0.25, 0.3) is 0 Å². The van der Waals surface area contributed by atoms with Gasteiger partial charge in [-0.3, -0.25) is 4.79 Å². The predicted molar refractivity (Wildman–Crippen MR) is 119 cm³/mol. The first-order chi connectivity index (χ1) is 14.9. The summed E-state index contributed by atoms with van der Waals surface area (Å²) in [4.78, 5) is 26.3. The van der Waals surface area contributed by atoms with Crippen LogP contribution in [0.5, 0.6) is 0 Å². The minimum Gasteiger partial charge on any atom is -0.355 e. The van der Waals surface area contributed by atoms with E-state index < -0.39 is 11.7 Å². The molecule has 3 N–H and O–H groups in total. The van der Waals surface area contributed by atoms with Crippen molar-refractivity contribution in [2.24, 2.45) is 5.92 Å². The van der Waals surface area contributed by atoms with Crippen LogP contribution in [0.3, 0.4) is 0 Å². The van der Waals surface area contributed by atoms with Crippen molar-refractivity contribution in [3.63, 3.8) is 0 Å². The maximum Gasteiger partial charge on any atom is 0.315 e. The molecule has 3 rings (SSSR count). The van der Waals surface area contributed by atoms with E-state index in [0.717, 1.165) is 24.0 Å².